The lowest BCUT2D eigenvalue weighted by Crippen LogP contribution is -2.18. The van der Waals surface area contributed by atoms with Crippen LogP contribution in [0.15, 0.2) is 16.8 Å². The highest BCUT2D eigenvalue weighted by atomic mass is 28.3. The van der Waals surface area contributed by atoms with E-state index in [4.69, 9.17) is 12.2 Å². The van der Waals surface area contributed by atoms with Gasteiger partial charge in [-0.25, -0.2) is 0 Å². The highest BCUT2D eigenvalue weighted by Crippen LogP contribution is 1.97. The molecule has 0 unspecified atom stereocenters. The van der Waals surface area contributed by atoms with E-state index in [9.17, 15) is 0 Å². The molecule has 0 rings (SSSR count). The summed E-state index contributed by atoms with van der Waals surface area (Å²) in [6.45, 7) is 8.29. The molecule has 0 atom stereocenters. The zero-order chi connectivity index (χ0) is 11.2. The number of nitrogens with zero attached hydrogens (tertiary/aromatic N) is 1. The standard InChI is InChI=1S/C11H16N2Si/c1-6-10(12)11(13-7-2)8-9-14(3,4)5/h2,6H,12H2,1,3-5H3/b10-6+,13-11-. The smallest absolute Gasteiger partial charge is 0.145 e. The molecule has 0 aromatic carbocycles. The minimum Gasteiger partial charge on any atom is -0.397 e. The van der Waals surface area contributed by atoms with Gasteiger partial charge in [0.15, 0.2) is 0 Å². The average Bonchev–Trinajstić information content (AvgIpc) is 2.09. The Balaban J connectivity index is 5.00. The number of aliphatic imine (C=N–C) groups is 1. The van der Waals surface area contributed by atoms with Crippen molar-refractivity contribution in [2.24, 2.45) is 10.7 Å². The molecular weight excluding hydrogens is 188 g/mol. The minimum atomic E-state index is -1.40. The van der Waals surface area contributed by atoms with Gasteiger partial charge in [0.1, 0.15) is 13.8 Å². The molecule has 0 heterocycles. The van der Waals surface area contributed by atoms with E-state index in [1.54, 1.807) is 6.08 Å². The van der Waals surface area contributed by atoms with Crippen LogP contribution in [0.5, 0.6) is 0 Å². The summed E-state index contributed by atoms with van der Waals surface area (Å²) >= 11 is 0. The molecule has 0 saturated heterocycles. The molecule has 0 fully saturated rings. The maximum absolute atomic E-state index is 5.68. The second-order valence-corrected chi connectivity index (χ2v) is 8.58. The Kier molecular flexibility index (Phi) is 4.76. The maximum Gasteiger partial charge on any atom is 0.145 e. The lowest BCUT2D eigenvalue weighted by Gasteiger charge is -2.03. The fraction of sp³-hybridized carbons (Fsp3) is 0.364. The van der Waals surface area contributed by atoms with E-state index in [-0.39, 0.29) is 0 Å². The largest absolute Gasteiger partial charge is 0.397 e. The molecule has 0 aromatic rings. The quantitative estimate of drug-likeness (QED) is 0.394. The Hall–Kier alpha value is -1.45. The molecule has 14 heavy (non-hydrogen) atoms. The molecule has 0 aliphatic rings. The lowest BCUT2D eigenvalue weighted by molar-refractivity contribution is 1.43. The number of terminal acetylenes is 1. The van der Waals surface area contributed by atoms with Crippen molar-refractivity contribution in [1.82, 2.24) is 0 Å². The normalized spacial score (nSPS) is 12.8. The fourth-order valence-corrected chi connectivity index (χ4v) is 1.11. The zero-order valence-corrected chi connectivity index (χ0v) is 10.2. The molecular formula is C11H16N2Si. The number of nitrogens with two attached hydrogens (primary N) is 1. The summed E-state index contributed by atoms with van der Waals surface area (Å²) in [6, 6.07) is 2.20. The SMILES string of the molecule is C#C/N=C(C#C[Si](C)(C)C)\C(N)=C/C. The first-order valence-electron chi connectivity index (χ1n) is 4.39. The Morgan fingerprint density at radius 3 is 2.36 bits per heavy atom. The van der Waals surface area contributed by atoms with Crippen molar-refractivity contribution in [2.75, 3.05) is 0 Å². The van der Waals surface area contributed by atoms with Gasteiger partial charge in [0, 0.05) is 6.04 Å². The van der Waals surface area contributed by atoms with Crippen LogP contribution in [0, 0.1) is 23.9 Å². The third kappa shape index (κ3) is 5.24. The molecule has 2 N–H and O–H groups in total. The van der Waals surface area contributed by atoms with Crippen LogP contribution < -0.4 is 5.73 Å². The van der Waals surface area contributed by atoms with E-state index in [1.807, 2.05) is 6.92 Å². The lowest BCUT2D eigenvalue weighted by atomic mass is 10.3. The van der Waals surface area contributed by atoms with Gasteiger partial charge in [0.25, 0.3) is 0 Å². The van der Waals surface area contributed by atoms with E-state index in [1.165, 1.54) is 0 Å². The molecule has 3 heteroatoms. The summed E-state index contributed by atoms with van der Waals surface area (Å²) in [7, 11) is -1.40. The summed E-state index contributed by atoms with van der Waals surface area (Å²) in [5, 5.41) is 0. The third-order valence-corrected chi connectivity index (χ3v) is 2.19. The second-order valence-electron chi connectivity index (χ2n) is 3.83. The molecule has 0 amide bonds. The first-order chi connectivity index (χ1) is 6.40. The van der Waals surface area contributed by atoms with Gasteiger partial charge in [-0.3, -0.25) is 0 Å². The average molecular weight is 204 g/mol. The van der Waals surface area contributed by atoms with Crippen molar-refractivity contribution in [1.29, 1.82) is 0 Å². The van der Waals surface area contributed by atoms with Crippen LogP contribution in [0.2, 0.25) is 19.6 Å². The van der Waals surface area contributed by atoms with Gasteiger partial charge in [-0.1, -0.05) is 38.1 Å². The molecule has 0 spiro atoms. The van der Waals surface area contributed by atoms with Crippen molar-refractivity contribution >= 4 is 13.8 Å². The number of allylic oxidation sites excluding steroid dienone is 2. The van der Waals surface area contributed by atoms with Crippen molar-refractivity contribution in [2.45, 2.75) is 26.6 Å². The van der Waals surface area contributed by atoms with E-state index in [0.717, 1.165) is 0 Å². The molecule has 0 aliphatic carbocycles. The Bertz CT molecular complexity index is 353. The Morgan fingerprint density at radius 1 is 1.43 bits per heavy atom. The Labute approximate surface area is 87.3 Å². The van der Waals surface area contributed by atoms with E-state index in [2.05, 4.69) is 42.1 Å². The molecule has 0 aromatic heterocycles. The molecule has 74 valence electrons. The zero-order valence-electron chi connectivity index (χ0n) is 9.18. The minimum absolute atomic E-state index is 0.498. The first-order valence-corrected chi connectivity index (χ1v) is 7.89. The second kappa shape index (κ2) is 5.31. The number of hydrogen-bond donors (Lipinski definition) is 1. The van der Waals surface area contributed by atoms with Gasteiger partial charge in [-0.15, -0.1) is 5.54 Å². The van der Waals surface area contributed by atoms with E-state index < -0.39 is 8.07 Å². The highest BCUT2D eigenvalue weighted by Gasteiger charge is 2.08. The first kappa shape index (κ1) is 12.5. The summed E-state index contributed by atoms with van der Waals surface area (Å²) in [6.07, 6.45) is 6.83. The van der Waals surface area contributed by atoms with Crippen molar-refractivity contribution in [3.05, 3.63) is 11.8 Å². The van der Waals surface area contributed by atoms with Gasteiger partial charge in [-0.05, 0) is 6.92 Å². The van der Waals surface area contributed by atoms with Crippen molar-refractivity contribution < 1.29 is 0 Å². The van der Waals surface area contributed by atoms with Gasteiger partial charge in [0.05, 0.1) is 5.70 Å². The Morgan fingerprint density at radius 2 is 2.00 bits per heavy atom. The van der Waals surface area contributed by atoms with Gasteiger partial charge < -0.3 is 5.73 Å². The van der Waals surface area contributed by atoms with E-state index >= 15 is 0 Å². The van der Waals surface area contributed by atoms with Crippen molar-refractivity contribution in [3.63, 3.8) is 0 Å². The highest BCUT2D eigenvalue weighted by molar-refractivity contribution is 6.84. The summed E-state index contributed by atoms with van der Waals surface area (Å²) in [5.41, 5.74) is 9.88. The fourth-order valence-electron chi connectivity index (χ4n) is 0.613. The number of rotatable bonds is 1. The van der Waals surface area contributed by atoms with Crippen LogP contribution in [0.3, 0.4) is 0 Å². The van der Waals surface area contributed by atoms with Crippen LogP contribution in [0.4, 0.5) is 0 Å². The van der Waals surface area contributed by atoms with Crippen LogP contribution in [-0.4, -0.2) is 13.8 Å². The molecule has 0 radical (unpaired) electrons. The topological polar surface area (TPSA) is 38.4 Å². The molecule has 0 saturated carbocycles. The van der Waals surface area contributed by atoms with Crippen LogP contribution in [0.25, 0.3) is 0 Å². The maximum atomic E-state index is 5.68. The molecule has 2 nitrogen and oxygen atoms in total. The van der Waals surface area contributed by atoms with E-state index in [0.29, 0.717) is 11.4 Å². The molecule has 0 bridgehead atoms. The number of hydrogen-bond acceptors (Lipinski definition) is 2. The molecule has 0 aliphatic heterocycles. The monoisotopic (exact) mass is 204 g/mol. The third-order valence-electron chi connectivity index (χ3n) is 1.32. The predicted molar refractivity (Wildman–Crippen MR) is 65.3 cm³/mol. The van der Waals surface area contributed by atoms with Gasteiger partial charge >= 0.3 is 0 Å². The summed E-state index contributed by atoms with van der Waals surface area (Å²) < 4.78 is 0. The predicted octanol–water partition coefficient (Wildman–Crippen LogP) is 1.76. The van der Waals surface area contributed by atoms with Crippen LogP contribution >= 0.6 is 0 Å². The van der Waals surface area contributed by atoms with Crippen LogP contribution in [0.1, 0.15) is 6.92 Å². The van der Waals surface area contributed by atoms with Gasteiger partial charge in [0.2, 0.25) is 0 Å². The van der Waals surface area contributed by atoms with Crippen molar-refractivity contribution in [3.8, 4) is 23.9 Å². The summed E-state index contributed by atoms with van der Waals surface area (Å²) in [4.78, 5) is 3.80. The van der Waals surface area contributed by atoms with Crippen LogP contribution in [-0.2, 0) is 0 Å². The van der Waals surface area contributed by atoms with Gasteiger partial charge in [-0.2, -0.15) is 4.99 Å². The summed E-state index contributed by atoms with van der Waals surface area (Å²) in [5.74, 6) is 2.94.